The van der Waals surface area contributed by atoms with Crippen molar-refractivity contribution in [3.05, 3.63) is 23.9 Å². The summed E-state index contributed by atoms with van der Waals surface area (Å²) in [6.07, 6.45) is 3.87. The second-order valence-corrected chi connectivity index (χ2v) is 6.94. The number of hydrogen-bond donors (Lipinski definition) is 1. The maximum Gasteiger partial charge on any atom is 0.217 e. The molecule has 24 heavy (non-hydrogen) atoms. The van der Waals surface area contributed by atoms with Crippen molar-refractivity contribution in [3.63, 3.8) is 0 Å². The first-order chi connectivity index (χ1) is 11.6. The van der Waals surface area contributed by atoms with Gasteiger partial charge in [0.2, 0.25) is 11.8 Å². The Kier molecular flexibility index (Phi) is 5.36. The second-order valence-electron chi connectivity index (χ2n) is 6.94. The number of ether oxygens (including phenoxy) is 2. The molecule has 1 aliphatic heterocycles. The van der Waals surface area contributed by atoms with Gasteiger partial charge in [0.25, 0.3) is 0 Å². The molecule has 3 rings (SSSR count). The summed E-state index contributed by atoms with van der Waals surface area (Å²) in [6, 6.07) is 4.15. The van der Waals surface area contributed by atoms with E-state index in [9.17, 15) is 4.79 Å². The minimum atomic E-state index is 0.0236. The topological polar surface area (TPSA) is 63.7 Å². The van der Waals surface area contributed by atoms with Gasteiger partial charge in [-0.25, -0.2) is 4.98 Å². The molecule has 0 radical (unpaired) electrons. The third kappa shape index (κ3) is 3.70. The highest BCUT2D eigenvalue weighted by Crippen LogP contribution is 2.38. The molecule has 2 aliphatic rings. The van der Waals surface area contributed by atoms with Crippen molar-refractivity contribution in [2.75, 3.05) is 27.3 Å². The lowest BCUT2D eigenvalue weighted by atomic mass is 9.77. The Balaban J connectivity index is 1.65. The van der Waals surface area contributed by atoms with Crippen LogP contribution in [0.1, 0.15) is 25.3 Å². The molecule has 1 aromatic rings. The van der Waals surface area contributed by atoms with Crippen molar-refractivity contribution >= 4 is 5.91 Å². The van der Waals surface area contributed by atoms with Crippen LogP contribution in [-0.4, -0.2) is 55.2 Å². The van der Waals surface area contributed by atoms with Gasteiger partial charge in [-0.2, -0.15) is 0 Å². The van der Waals surface area contributed by atoms with Gasteiger partial charge in [0, 0.05) is 45.4 Å². The lowest BCUT2D eigenvalue weighted by Crippen LogP contribution is -2.49. The number of aromatic nitrogens is 1. The van der Waals surface area contributed by atoms with Crippen molar-refractivity contribution in [1.29, 1.82) is 0 Å². The number of likely N-dealkylation sites (tertiary alicyclic amines) is 1. The van der Waals surface area contributed by atoms with Gasteiger partial charge in [-0.05, 0) is 30.7 Å². The van der Waals surface area contributed by atoms with E-state index >= 15 is 0 Å². The van der Waals surface area contributed by atoms with Crippen LogP contribution in [-0.2, 0) is 16.1 Å². The lowest BCUT2D eigenvalue weighted by molar-refractivity contribution is -0.121. The molecule has 6 nitrogen and oxygen atoms in total. The van der Waals surface area contributed by atoms with Gasteiger partial charge in [-0.1, -0.05) is 6.07 Å². The van der Waals surface area contributed by atoms with Crippen LogP contribution in [0.4, 0.5) is 0 Å². The lowest BCUT2D eigenvalue weighted by Gasteiger charge is -2.37. The molecule has 0 aromatic carbocycles. The number of carbonyl (C=O) groups is 1. The monoisotopic (exact) mass is 333 g/mol. The van der Waals surface area contributed by atoms with Gasteiger partial charge in [0.15, 0.2) is 0 Å². The van der Waals surface area contributed by atoms with Crippen molar-refractivity contribution in [2.45, 2.75) is 38.5 Å². The van der Waals surface area contributed by atoms with Gasteiger partial charge in [0.1, 0.15) is 0 Å². The Morgan fingerprint density at radius 1 is 1.33 bits per heavy atom. The van der Waals surface area contributed by atoms with Crippen LogP contribution < -0.4 is 10.1 Å². The van der Waals surface area contributed by atoms with Gasteiger partial charge in [-0.15, -0.1) is 0 Å². The van der Waals surface area contributed by atoms with Crippen LogP contribution in [0.15, 0.2) is 18.3 Å². The summed E-state index contributed by atoms with van der Waals surface area (Å²) < 4.78 is 11.0. The van der Waals surface area contributed by atoms with Gasteiger partial charge < -0.3 is 14.8 Å². The molecule has 1 amide bonds. The van der Waals surface area contributed by atoms with Gasteiger partial charge in [0.05, 0.1) is 19.3 Å². The number of carbonyl (C=O) groups excluding carboxylic acids is 1. The quantitative estimate of drug-likeness (QED) is 0.884. The maximum absolute atomic E-state index is 11.4. The molecule has 2 heterocycles. The van der Waals surface area contributed by atoms with E-state index in [2.05, 4.69) is 21.3 Å². The van der Waals surface area contributed by atoms with Crippen LogP contribution in [0.25, 0.3) is 0 Å². The first kappa shape index (κ1) is 17.2. The van der Waals surface area contributed by atoms with E-state index in [-0.39, 0.29) is 18.1 Å². The molecule has 132 valence electrons. The average Bonchev–Trinajstić information content (AvgIpc) is 2.95. The fraction of sp³-hybridized carbons (Fsp3) is 0.667. The Morgan fingerprint density at radius 3 is 2.75 bits per heavy atom. The summed E-state index contributed by atoms with van der Waals surface area (Å²) in [7, 11) is 3.41. The molecule has 1 aliphatic carbocycles. The van der Waals surface area contributed by atoms with Crippen molar-refractivity contribution in [3.8, 4) is 5.88 Å². The van der Waals surface area contributed by atoms with E-state index in [1.54, 1.807) is 27.3 Å². The van der Waals surface area contributed by atoms with E-state index in [1.165, 1.54) is 0 Å². The fourth-order valence-electron chi connectivity index (χ4n) is 4.28. The molecular formula is C18H27N3O3. The molecule has 0 bridgehead atoms. The summed E-state index contributed by atoms with van der Waals surface area (Å²) in [5, 5.41) is 3.07. The molecule has 4 atom stereocenters. The molecule has 0 spiro atoms. The SMILES string of the molecule is COc1ncccc1CN1C[C@H]2C[C@@H](NC(C)=O)[C@H](OC)C[C@H]2C1. The molecular weight excluding hydrogens is 306 g/mol. The second kappa shape index (κ2) is 7.49. The third-order valence-electron chi connectivity index (χ3n) is 5.32. The molecule has 2 fully saturated rings. The summed E-state index contributed by atoms with van der Waals surface area (Å²) in [5.41, 5.74) is 1.13. The maximum atomic E-state index is 11.4. The summed E-state index contributed by atoms with van der Waals surface area (Å²) in [6.45, 7) is 4.55. The molecule has 1 aromatic heterocycles. The molecule has 0 unspecified atom stereocenters. The Hall–Kier alpha value is -1.66. The van der Waals surface area contributed by atoms with Gasteiger partial charge in [-0.3, -0.25) is 9.69 Å². The smallest absolute Gasteiger partial charge is 0.217 e. The average molecular weight is 333 g/mol. The number of rotatable bonds is 5. The number of hydrogen-bond acceptors (Lipinski definition) is 5. The summed E-state index contributed by atoms with van der Waals surface area (Å²) in [4.78, 5) is 18.2. The number of nitrogens with one attached hydrogen (secondary N) is 1. The Labute approximate surface area is 143 Å². The molecule has 1 saturated carbocycles. The fourth-order valence-corrected chi connectivity index (χ4v) is 4.28. The normalized spacial score (nSPS) is 30.0. The number of nitrogens with zero attached hydrogens (tertiary/aromatic N) is 2. The highest BCUT2D eigenvalue weighted by Gasteiger charge is 2.42. The number of pyridine rings is 1. The predicted octanol–water partition coefficient (Wildman–Crippen LogP) is 1.45. The van der Waals surface area contributed by atoms with E-state index < -0.39 is 0 Å². The first-order valence-electron chi connectivity index (χ1n) is 8.60. The number of fused-ring (bicyclic) bond motifs is 1. The minimum Gasteiger partial charge on any atom is -0.481 e. The summed E-state index contributed by atoms with van der Waals surface area (Å²) >= 11 is 0. The van der Waals surface area contributed by atoms with Gasteiger partial charge >= 0.3 is 0 Å². The minimum absolute atomic E-state index is 0.0236. The van der Waals surface area contributed by atoms with Crippen molar-refractivity contribution in [1.82, 2.24) is 15.2 Å². The van der Waals surface area contributed by atoms with Crippen molar-refractivity contribution in [2.24, 2.45) is 11.8 Å². The zero-order valence-electron chi connectivity index (χ0n) is 14.7. The standard InChI is InChI=1S/C18H27N3O3/c1-12(22)20-16-7-14-10-21(11-15(14)8-17(16)23-2)9-13-5-4-6-19-18(13)24-3/h4-6,14-17H,7-11H2,1-3H3,(H,20,22)/t14-,15+,16-,17-/m1/s1. The van der Waals surface area contributed by atoms with E-state index in [0.29, 0.717) is 17.7 Å². The predicted molar refractivity (Wildman–Crippen MR) is 90.7 cm³/mol. The molecule has 6 heteroatoms. The van der Waals surface area contributed by atoms with Crippen LogP contribution >= 0.6 is 0 Å². The first-order valence-corrected chi connectivity index (χ1v) is 8.60. The third-order valence-corrected chi connectivity index (χ3v) is 5.32. The van der Waals surface area contributed by atoms with Crippen LogP contribution in [0.2, 0.25) is 0 Å². The molecule has 1 N–H and O–H groups in total. The van der Waals surface area contributed by atoms with Crippen LogP contribution in [0.3, 0.4) is 0 Å². The Morgan fingerprint density at radius 2 is 2.08 bits per heavy atom. The van der Waals surface area contributed by atoms with Crippen LogP contribution in [0, 0.1) is 11.8 Å². The largest absolute Gasteiger partial charge is 0.481 e. The van der Waals surface area contributed by atoms with E-state index in [4.69, 9.17) is 9.47 Å². The van der Waals surface area contributed by atoms with E-state index in [1.807, 2.05) is 6.07 Å². The zero-order valence-corrected chi connectivity index (χ0v) is 14.7. The molecule has 1 saturated heterocycles. The number of amides is 1. The van der Waals surface area contributed by atoms with Crippen molar-refractivity contribution < 1.29 is 14.3 Å². The summed E-state index contributed by atoms with van der Waals surface area (Å²) in [5.74, 6) is 1.97. The number of methoxy groups -OCH3 is 2. The van der Waals surface area contributed by atoms with E-state index in [0.717, 1.165) is 38.0 Å². The Bertz CT molecular complexity index is 580. The zero-order chi connectivity index (χ0) is 17.1. The van der Waals surface area contributed by atoms with Crippen LogP contribution in [0.5, 0.6) is 5.88 Å². The highest BCUT2D eigenvalue weighted by atomic mass is 16.5. The highest BCUT2D eigenvalue weighted by molar-refractivity contribution is 5.73.